The number of rotatable bonds is 5. The molecular formula is C14H21NO4S. The van der Waals surface area contributed by atoms with Crippen LogP contribution in [0.2, 0.25) is 0 Å². The minimum Gasteiger partial charge on any atom is -0.497 e. The Labute approximate surface area is 120 Å². The number of hydrogen-bond acceptors (Lipinski definition) is 5. The predicted octanol–water partition coefficient (Wildman–Crippen LogP) is 1.29. The second kappa shape index (κ2) is 6.56. The summed E-state index contributed by atoms with van der Waals surface area (Å²) in [7, 11) is -1.62. The van der Waals surface area contributed by atoms with E-state index in [1.807, 2.05) is 18.2 Å². The molecule has 1 aromatic carbocycles. The van der Waals surface area contributed by atoms with Gasteiger partial charge in [-0.3, -0.25) is 0 Å². The summed E-state index contributed by atoms with van der Waals surface area (Å²) in [5.41, 5.74) is 6.82. The molecule has 0 aromatic heterocycles. The van der Waals surface area contributed by atoms with Crippen molar-refractivity contribution >= 4 is 9.84 Å². The van der Waals surface area contributed by atoms with Crippen molar-refractivity contribution in [1.82, 2.24) is 0 Å². The van der Waals surface area contributed by atoms with Gasteiger partial charge in [0.2, 0.25) is 0 Å². The first-order chi connectivity index (χ1) is 9.53. The maximum Gasteiger partial charge on any atom is 0.155 e. The van der Waals surface area contributed by atoms with Gasteiger partial charge < -0.3 is 15.2 Å². The van der Waals surface area contributed by atoms with E-state index in [-0.39, 0.29) is 11.0 Å². The largest absolute Gasteiger partial charge is 0.497 e. The number of sulfone groups is 1. The highest BCUT2D eigenvalue weighted by Gasteiger charge is 2.29. The van der Waals surface area contributed by atoms with Gasteiger partial charge in [0.05, 0.1) is 18.1 Å². The summed E-state index contributed by atoms with van der Waals surface area (Å²) in [5, 5.41) is -0.326. The fourth-order valence-electron chi connectivity index (χ4n) is 2.39. The van der Waals surface area contributed by atoms with Gasteiger partial charge in [-0.05, 0) is 30.5 Å². The van der Waals surface area contributed by atoms with E-state index in [1.165, 1.54) is 0 Å². The van der Waals surface area contributed by atoms with Crippen LogP contribution in [0.5, 0.6) is 5.75 Å². The van der Waals surface area contributed by atoms with Gasteiger partial charge >= 0.3 is 0 Å². The van der Waals surface area contributed by atoms with Crippen LogP contribution in [0, 0.1) is 0 Å². The highest BCUT2D eigenvalue weighted by atomic mass is 32.2. The zero-order chi connectivity index (χ0) is 14.6. The Kier molecular flexibility index (Phi) is 5.01. The molecule has 0 aliphatic carbocycles. The molecule has 20 heavy (non-hydrogen) atoms. The van der Waals surface area contributed by atoms with Crippen molar-refractivity contribution in [3.05, 3.63) is 29.8 Å². The molecule has 1 aliphatic rings. The number of benzene rings is 1. The lowest BCUT2D eigenvalue weighted by molar-refractivity contribution is 0.0983. The highest BCUT2D eigenvalue weighted by molar-refractivity contribution is 7.92. The molecule has 112 valence electrons. The molecule has 1 fully saturated rings. The van der Waals surface area contributed by atoms with Crippen molar-refractivity contribution in [2.75, 3.05) is 26.1 Å². The van der Waals surface area contributed by atoms with Crippen molar-refractivity contribution < 1.29 is 17.9 Å². The average molecular weight is 299 g/mol. The van der Waals surface area contributed by atoms with E-state index in [1.54, 1.807) is 13.2 Å². The average Bonchev–Trinajstić information content (AvgIpc) is 2.48. The number of ether oxygens (including phenoxy) is 2. The smallest absolute Gasteiger partial charge is 0.155 e. The van der Waals surface area contributed by atoms with Gasteiger partial charge in [-0.2, -0.15) is 0 Å². The molecular weight excluding hydrogens is 278 g/mol. The van der Waals surface area contributed by atoms with Crippen LogP contribution in [0.15, 0.2) is 24.3 Å². The van der Waals surface area contributed by atoms with E-state index in [4.69, 9.17) is 15.2 Å². The molecule has 5 nitrogen and oxygen atoms in total. The van der Waals surface area contributed by atoms with E-state index in [0.717, 1.165) is 5.56 Å². The molecule has 0 bridgehead atoms. The summed E-state index contributed by atoms with van der Waals surface area (Å²) < 4.78 is 35.0. The summed E-state index contributed by atoms with van der Waals surface area (Å²) in [6.45, 7) is 1.02. The number of nitrogens with two attached hydrogens (primary N) is 1. The van der Waals surface area contributed by atoms with Crippen molar-refractivity contribution in [3.63, 3.8) is 0 Å². The Morgan fingerprint density at radius 3 is 2.75 bits per heavy atom. The quantitative estimate of drug-likeness (QED) is 0.886. The van der Waals surface area contributed by atoms with Crippen LogP contribution in [0.4, 0.5) is 0 Å². The Hall–Kier alpha value is -1.11. The molecule has 0 amide bonds. The molecule has 1 atom stereocenters. The topological polar surface area (TPSA) is 78.6 Å². The third-order valence-corrected chi connectivity index (χ3v) is 5.92. The maximum absolute atomic E-state index is 12.4. The van der Waals surface area contributed by atoms with Gasteiger partial charge in [0.15, 0.2) is 9.84 Å². The third-order valence-electron chi connectivity index (χ3n) is 3.61. The zero-order valence-electron chi connectivity index (χ0n) is 11.6. The molecule has 1 aromatic rings. The monoisotopic (exact) mass is 299 g/mol. The molecule has 6 heteroatoms. The van der Waals surface area contributed by atoms with Crippen molar-refractivity contribution in [3.8, 4) is 5.75 Å². The normalized spacial score (nSPS) is 18.7. The van der Waals surface area contributed by atoms with E-state index < -0.39 is 15.9 Å². The van der Waals surface area contributed by atoms with Crippen LogP contribution in [0.1, 0.15) is 24.4 Å². The van der Waals surface area contributed by atoms with E-state index >= 15 is 0 Å². The summed E-state index contributed by atoms with van der Waals surface area (Å²) in [6, 6.07) is 6.70. The van der Waals surface area contributed by atoms with Crippen LogP contribution >= 0.6 is 0 Å². The zero-order valence-corrected chi connectivity index (χ0v) is 12.4. The lowest BCUT2D eigenvalue weighted by Crippen LogP contribution is -2.34. The van der Waals surface area contributed by atoms with Crippen molar-refractivity contribution in [2.45, 2.75) is 24.1 Å². The molecule has 1 heterocycles. The summed E-state index contributed by atoms with van der Waals surface area (Å²) >= 11 is 0. The Morgan fingerprint density at radius 1 is 1.40 bits per heavy atom. The Balaban J connectivity index is 2.07. The number of methoxy groups -OCH3 is 1. The predicted molar refractivity (Wildman–Crippen MR) is 77.6 cm³/mol. The SMILES string of the molecule is COc1cccc(C(N)CS(=O)(=O)C2CCOCC2)c1. The van der Waals surface area contributed by atoms with Gasteiger partial charge in [0.1, 0.15) is 5.75 Å². The van der Waals surface area contributed by atoms with Crippen LogP contribution in [-0.4, -0.2) is 39.7 Å². The maximum atomic E-state index is 12.4. The van der Waals surface area contributed by atoms with Crippen LogP contribution in [0.25, 0.3) is 0 Å². The lowest BCUT2D eigenvalue weighted by Gasteiger charge is -2.23. The summed E-state index contributed by atoms with van der Waals surface area (Å²) in [4.78, 5) is 0. The summed E-state index contributed by atoms with van der Waals surface area (Å²) in [5.74, 6) is 0.645. The highest BCUT2D eigenvalue weighted by Crippen LogP contribution is 2.23. The van der Waals surface area contributed by atoms with Gasteiger partial charge in [-0.1, -0.05) is 12.1 Å². The second-order valence-electron chi connectivity index (χ2n) is 5.02. The van der Waals surface area contributed by atoms with E-state index in [0.29, 0.717) is 31.8 Å². The fourth-order valence-corrected chi connectivity index (χ4v) is 4.27. The molecule has 1 saturated heterocycles. The van der Waals surface area contributed by atoms with E-state index in [9.17, 15) is 8.42 Å². The molecule has 0 radical (unpaired) electrons. The van der Waals surface area contributed by atoms with Gasteiger partial charge in [0.25, 0.3) is 0 Å². The van der Waals surface area contributed by atoms with Gasteiger partial charge in [-0.15, -0.1) is 0 Å². The van der Waals surface area contributed by atoms with E-state index in [2.05, 4.69) is 0 Å². The first-order valence-electron chi connectivity index (χ1n) is 6.72. The van der Waals surface area contributed by atoms with Crippen LogP contribution in [-0.2, 0) is 14.6 Å². The first-order valence-corrected chi connectivity index (χ1v) is 8.43. The Morgan fingerprint density at radius 2 is 2.10 bits per heavy atom. The molecule has 0 spiro atoms. The van der Waals surface area contributed by atoms with Gasteiger partial charge in [0, 0.05) is 19.3 Å². The van der Waals surface area contributed by atoms with Crippen molar-refractivity contribution in [1.29, 1.82) is 0 Å². The Bertz CT molecular complexity index is 538. The van der Waals surface area contributed by atoms with Crippen LogP contribution in [0.3, 0.4) is 0 Å². The molecule has 2 N–H and O–H groups in total. The standard InChI is InChI=1S/C14H21NO4S/c1-18-12-4-2-3-11(9-12)14(15)10-20(16,17)13-5-7-19-8-6-13/h2-4,9,13-14H,5-8,10,15H2,1H3. The molecule has 0 saturated carbocycles. The van der Waals surface area contributed by atoms with Crippen molar-refractivity contribution in [2.24, 2.45) is 5.73 Å². The molecule has 1 aliphatic heterocycles. The minimum atomic E-state index is -3.20. The number of hydrogen-bond donors (Lipinski definition) is 1. The summed E-state index contributed by atoms with van der Waals surface area (Å²) in [6.07, 6.45) is 1.13. The van der Waals surface area contributed by atoms with Gasteiger partial charge in [-0.25, -0.2) is 8.42 Å². The third kappa shape index (κ3) is 3.71. The minimum absolute atomic E-state index is 0.0369. The van der Waals surface area contributed by atoms with Crippen LogP contribution < -0.4 is 10.5 Å². The fraction of sp³-hybridized carbons (Fsp3) is 0.571. The molecule has 1 unspecified atom stereocenters. The molecule has 2 rings (SSSR count). The first kappa shape index (κ1) is 15.3. The second-order valence-corrected chi connectivity index (χ2v) is 7.35. The lowest BCUT2D eigenvalue weighted by atomic mass is 10.1.